The van der Waals surface area contributed by atoms with Gasteiger partial charge in [0.05, 0.1) is 18.8 Å². The molecule has 0 aliphatic carbocycles. The van der Waals surface area contributed by atoms with Crippen molar-refractivity contribution in [3.05, 3.63) is 0 Å². The Morgan fingerprint density at radius 1 is 1.00 bits per heavy atom. The van der Waals surface area contributed by atoms with Crippen molar-refractivity contribution in [3.8, 4) is 0 Å². The van der Waals surface area contributed by atoms with Crippen molar-refractivity contribution in [3.63, 3.8) is 0 Å². The maximum absolute atomic E-state index is 9.12. The molecule has 1 unspecified atom stereocenters. The third-order valence-electron chi connectivity index (χ3n) is 2.96. The largest absolute Gasteiger partial charge is 0.396 e. The van der Waals surface area contributed by atoms with Crippen molar-refractivity contribution < 1.29 is 15.3 Å². The molecule has 5 nitrogen and oxygen atoms in total. The number of aliphatic hydroxyl groups is 3. The van der Waals surface area contributed by atoms with E-state index in [-0.39, 0.29) is 25.2 Å². The van der Waals surface area contributed by atoms with Gasteiger partial charge in [-0.15, -0.1) is 0 Å². The minimum absolute atomic E-state index is 0.0410. The molecule has 0 spiro atoms. The normalized spacial score (nSPS) is 16.4. The molecule has 0 aromatic rings. The molecule has 7 N–H and O–H groups in total. The molecule has 0 rings (SSSR count). The number of aliphatic hydroxyl groups excluding tert-OH is 3. The van der Waals surface area contributed by atoms with Gasteiger partial charge in [0.25, 0.3) is 0 Å². The summed E-state index contributed by atoms with van der Waals surface area (Å²) in [5.41, 5.74) is 10.1. The summed E-state index contributed by atoms with van der Waals surface area (Å²) in [6, 6.07) is 0. The van der Waals surface area contributed by atoms with E-state index in [1.54, 1.807) is 0 Å². The van der Waals surface area contributed by atoms with Crippen LogP contribution in [0.4, 0.5) is 0 Å². The highest BCUT2D eigenvalue weighted by Gasteiger charge is 2.26. The quantitative estimate of drug-likeness (QED) is 0.352. The van der Waals surface area contributed by atoms with Gasteiger partial charge < -0.3 is 26.8 Å². The van der Waals surface area contributed by atoms with Crippen LogP contribution in [-0.4, -0.2) is 47.2 Å². The van der Waals surface area contributed by atoms with Crippen LogP contribution in [0, 0.1) is 5.41 Å². The van der Waals surface area contributed by atoms with Crippen LogP contribution in [0.25, 0.3) is 0 Å². The Morgan fingerprint density at radius 3 is 1.87 bits per heavy atom. The standard InChI is InChI=1S/C10H24N2O3/c1-9(5-11,6-13)3-2-4-10(12,7-14)8-15/h13-15H,2-8,11-12H2,1H3. The topological polar surface area (TPSA) is 113 Å². The first-order chi connectivity index (χ1) is 6.95. The molecule has 1 atom stereocenters. The summed E-state index contributed by atoms with van der Waals surface area (Å²) < 4.78 is 0. The summed E-state index contributed by atoms with van der Waals surface area (Å²) in [6.07, 6.45) is 1.99. The van der Waals surface area contributed by atoms with E-state index < -0.39 is 5.54 Å². The second-order valence-electron chi connectivity index (χ2n) is 4.71. The summed E-state index contributed by atoms with van der Waals surface area (Å²) in [7, 11) is 0. The predicted octanol–water partition coefficient (Wildman–Crippen LogP) is -1.20. The van der Waals surface area contributed by atoms with E-state index in [0.717, 1.165) is 12.8 Å². The van der Waals surface area contributed by atoms with E-state index in [0.29, 0.717) is 13.0 Å². The lowest BCUT2D eigenvalue weighted by Crippen LogP contribution is -2.47. The van der Waals surface area contributed by atoms with Gasteiger partial charge in [0.15, 0.2) is 0 Å². The zero-order chi connectivity index (χ0) is 11.9. The molecule has 0 saturated heterocycles. The molecule has 0 aliphatic heterocycles. The van der Waals surface area contributed by atoms with Crippen LogP contribution in [0.2, 0.25) is 0 Å². The molecule has 0 bridgehead atoms. The maximum atomic E-state index is 9.12. The van der Waals surface area contributed by atoms with Gasteiger partial charge in [0.1, 0.15) is 0 Å². The van der Waals surface area contributed by atoms with Crippen LogP contribution in [-0.2, 0) is 0 Å². The van der Waals surface area contributed by atoms with E-state index >= 15 is 0 Å². The lowest BCUT2D eigenvalue weighted by molar-refractivity contribution is 0.0991. The minimum atomic E-state index is -0.912. The van der Waals surface area contributed by atoms with Gasteiger partial charge in [-0.1, -0.05) is 13.3 Å². The zero-order valence-electron chi connectivity index (χ0n) is 9.45. The van der Waals surface area contributed by atoms with Crippen molar-refractivity contribution in [1.82, 2.24) is 0 Å². The Balaban J connectivity index is 3.96. The first-order valence-corrected chi connectivity index (χ1v) is 5.27. The van der Waals surface area contributed by atoms with E-state index in [9.17, 15) is 0 Å². The number of nitrogens with two attached hydrogens (primary N) is 2. The molecule has 0 aliphatic rings. The van der Waals surface area contributed by atoms with Gasteiger partial charge in [-0.05, 0) is 19.4 Å². The fourth-order valence-corrected chi connectivity index (χ4v) is 1.32. The summed E-state index contributed by atoms with van der Waals surface area (Å²) in [5.74, 6) is 0. The van der Waals surface area contributed by atoms with Crippen molar-refractivity contribution in [1.29, 1.82) is 0 Å². The highest BCUT2D eigenvalue weighted by molar-refractivity contribution is 4.84. The number of rotatable bonds is 8. The van der Waals surface area contributed by atoms with E-state index in [4.69, 9.17) is 26.8 Å². The Bertz CT molecular complexity index is 150. The van der Waals surface area contributed by atoms with E-state index in [1.807, 2.05) is 6.92 Å². The van der Waals surface area contributed by atoms with Crippen molar-refractivity contribution >= 4 is 0 Å². The molecule has 92 valence electrons. The van der Waals surface area contributed by atoms with Crippen LogP contribution >= 0.6 is 0 Å². The first kappa shape index (κ1) is 14.8. The minimum Gasteiger partial charge on any atom is -0.396 e. The van der Waals surface area contributed by atoms with Gasteiger partial charge in [-0.2, -0.15) is 0 Å². The molecule has 0 radical (unpaired) electrons. The average Bonchev–Trinajstić information content (AvgIpc) is 2.28. The lowest BCUT2D eigenvalue weighted by Gasteiger charge is -2.29. The molecular weight excluding hydrogens is 196 g/mol. The molecular formula is C10H24N2O3. The summed E-state index contributed by atoms with van der Waals surface area (Å²) >= 11 is 0. The lowest BCUT2D eigenvalue weighted by atomic mass is 9.83. The fraction of sp³-hybridized carbons (Fsp3) is 1.00. The summed E-state index contributed by atoms with van der Waals surface area (Å²) in [4.78, 5) is 0. The SMILES string of the molecule is CC(CN)(CO)CCCC(N)(CO)CO. The smallest absolute Gasteiger partial charge is 0.0633 e. The third-order valence-corrected chi connectivity index (χ3v) is 2.96. The Kier molecular flexibility index (Phi) is 6.31. The number of hydrogen-bond donors (Lipinski definition) is 5. The molecule has 0 amide bonds. The first-order valence-electron chi connectivity index (χ1n) is 5.27. The predicted molar refractivity (Wildman–Crippen MR) is 59.2 cm³/mol. The average molecular weight is 220 g/mol. The van der Waals surface area contributed by atoms with Gasteiger partial charge in [-0.3, -0.25) is 0 Å². The zero-order valence-corrected chi connectivity index (χ0v) is 9.45. The van der Waals surface area contributed by atoms with Crippen LogP contribution in [0.15, 0.2) is 0 Å². The monoisotopic (exact) mass is 220 g/mol. The molecule has 15 heavy (non-hydrogen) atoms. The third kappa shape index (κ3) is 4.90. The fourth-order valence-electron chi connectivity index (χ4n) is 1.32. The second kappa shape index (κ2) is 6.40. The van der Waals surface area contributed by atoms with Crippen molar-refractivity contribution in [2.45, 2.75) is 31.7 Å². The highest BCUT2D eigenvalue weighted by Crippen LogP contribution is 2.23. The van der Waals surface area contributed by atoms with Crippen molar-refractivity contribution in [2.24, 2.45) is 16.9 Å². The Hall–Kier alpha value is -0.200. The van der Waals surface area contributed by atoms with Gasteiger partial charge in [0.2, 0.25) is 0 Å². The summed E-state index contributed by atoms with van der Waals surface area (Å²) in [6.45, 7) is 1.89. The van der Waals surface area contributed by atoms with Gasteiger partial charge >= 0.3 is 0 Å². The molecule has 0 saturated carbocycles. The Labute approximate surface area is 91.1 Å². The highest BCUT2D eigenvalue weighted by atomic mass is 16.3. The van der Waals surface area contributed by atoms with Crippen LogP contribution in [0.3, 0.4) is 0 Å². The summed E-state index contributed by atoms with van der Waals surface area (Å²) in [5, 5.41) is 27.1. The number of hydrogen-bond acceptors (Lipinski definition) is 5. The molecule has 0 heterocycles. The van der Waals surface area contributed by atoms with Crippen LogP contribution in [0.5, 0.6) is 0 Å². The molecule has 0 fully saturated rings. The molecule has 5 heteroatoms. The Morgan fingerprint density at radius 2 is 1.53 bits per heavy atom. The van der Waals surface area contributed by atoms with E-state index in [1.165, 1.54) is 0 Å². The van der Waals surface area contributed by atoms with Crippen LogP contribution in [0.1, 0.15) is 26.2 Å². The second-order valence-corrected chi connectivity index (χ2v) is 4.71. The van der Waals surface area contributed by atoms with Crippen molar-refractivity contribution in [2.75, 3.05) is 26.4 Å². The maximum Gasteiger partial charge on any atom is 0.0633 e. The molecule has 0 aromatic heterocycles. The van der Waals surface area contributed by atoms with Crippen LogP contribution < -0.4 is 11.5 Å². The molecule has 0 aromatic carbocycles. The van der Waals surface area contributed by atoms with Gasteiger partial charge in [-0.25, -0.2) is 0 Å². The van der Waals surface area contributed by atoms with E-state index in [2.05, 4.69) is 0 Å². The van der Waals surface area contributed by atoms with Gasteiger partial charge in [0, 0.05) is 12.0 Å².